The lowest BCUT2D eigenvalue weighted by Crippen LogP contribution is -2.37. The van der Waals surface area contributed by atoms with E-state index in [9.17, 15) is 9.90 Å². The fourth-order valence-electron chi connectivity index (χ4n) is 1.76. The summed E-state index contributed by atoms with van der Waals surface area (Å²) in [5.41, 5.74) is 1.43. The Morgan fingerprint density at radius 1 is 1.59 bits per heavy atom. The molecule has 0 aliphatic carbocycles. The third kappa shape index (κ3) is 3.00. The van der Waals surface area contributed by atoms with Crippen LogP contribution in [0.1, 0.15) is 18.6 Å². The number of benzene rings is 1. The molecule has 0 bridgehead atoms. The zero-order chi connectivity index (χ0) is 12.3. The van der Waals surface area contributed by atoms with E-state index in [1.807, 2.05) is 24.3 Å². The number of para-hydroxylation sites is 1. The lowest BCUT2D eigenvalue weighted by molar-refractivity contribution is -0.117. The maximum atomic E-state index is 11.9. The molecule has 5 heteroatoms. The fourth-order valence-corrected chi connectivity index (χ4v) is 2.70. The Morgan fingerprint density at radius 2 is 2.35 bits per heavy atom. The van der Waals surface area contributed by atoms with E-state index in [1.165, 1.54) is 0 Å². The van der Waals surface area contributed by atoms with Crippen LogP contribution in [0.15, 0.2) is 24.3 Å². The summed E-state index contributed by atoms with van der Waals surface area (Å²) >= 11 is 1.71. The predicted molar refractivity (Wildman–Crippen MR) is 70.0 cm³/mol. The molecular weight excluding hydrogens is 236 g/mol. The van der Waals surface area contributed by atoms with Gasteiger partial charge < -0.3 is 10.4 Å². The van der Waals surface area contributed by atoms with Crippen molar-refractivity contribution in [3.05, 3.63) is 29.8 Å². The average molecular weight is 252 g/mol. The molecule has 1 aliphatic heterocycles. The van der Waals surface area contributed by atoms with Crippen molar-refractivity contribution in [3.8, 4) is 0 Å². The number of carbonyl (C=O) groups excluding carboxylic acids is 1. The Balaban J connectivity index is 2.09. The van der Waals surface area contributed by atoms with Gasteiger partial charge in [-0.25, -0.2) is 0 Å². The van der Waals surface area contributed by atoms with Crippen LogP contribution >= 0.6 is 11.8 Å². The summed E-state index contributed by atoms with van der Waals surface area (Å²) in [5, 5.41) is 15.6. The normalized spacial score (nSPS) is 21.2. The maximum Gasteiger partial charge on any atom is 0.242 e. The van der Waals surface area contributed by atoms with Crippen LogP contribution < -0.4 is 10.6 Å². The van der Waals surface area contributed by atoms with Gasteiger partial charge in [-0.2, -0.15) is 0 Å². The molecule has 92 valence electrons. The number of nitrogens with one attached hydrogen (secondary N) is 2. The third-order valence-corrected chi connectivity index (χ3v) is 3.64. The zero-order valence-electron chi connectivity index (χ0n) is 9.64. The van der Waals surface area contributed by atoms with E-state index in [1.54, 1.807) is 18.7 Å². The van der Waals surface area contributed by atoms with Gasteiger partial charge >= 0.3 is 0 Å². The van der Waals surface area contributed by atoms with Crippen molar-refractivity contribution in [1.29, 1.82) is 0 Å². The molecule has 1 aromatic carbocycles. The summed E-state index contributed by atoms with van der Waals surface area (Å²) in [7, 11) is 0. The van der Waals surface area contributed by atoms with Crippen LogP contribution in [-0.4, -0.2) is 28.7 Å². The summed E-state index contributed by atoms with van der Waals surface area (Å²) in [6.07, 6.45) is -0.586. The number of amides is 1. The highest BCUT2D eigenvalue weighted by atomic mass is 32.2. The summed E-state index contributed by atoms with van der Waals surface area (Å²) in [6, 6.07) is 7.18. The van der Waals surface area contributed by atoms with Crippen LogP contribution in [0.3, 0.4) is 0 Å². The van der Waals surface area contributed by atoms with Gasteiger partial charge in [0, 0.05) is 22.9 Å². The lowest BCUT2D eigenvalue weighted by atomic mass is 10.1. The highest BCUT2D eigenvalue weighted by Crippen LogP contribution is 2.22. The third-order valence-electron chi connectivity index (χ3n) is 2.70. The Morgan fingerprint density at radius 3 is 3.00 bits per heavy atom. The monoisotopic (exact) mass is 252 g/mol. The quantitative estimate of drug-likeness (QED) is 0.760. The van der Waals surface area contributed by atoms with Crippen molar-refractivity contribution in [2.75, 3.05) is 16.9 Å². The SMILES string of the molecule is CC(O)c1ccccc1NC(=O)C1CSCN1. The smallest absolute Gasteiger partial charge is 0.242 e. The molecular formula is C12H16N2O2S. The van der Waals surface area contributed by atoms with Crippen molar-refractivity contribution in [2.45, 2.75) is 19.1 Å². The molecule has 1 saturated heterocycles. The molecule has 0 radical (unpaired) electrons. The van der Waals surface area contributed by atoms with E-state index in [-0.39, 0.29) is 11.9 Å². The second-order valence-electron chi connectivity index (χ2n) is 4.02. The Labute approximate surface area is 105 Å². The molecule has 2 atom stereocenters. The predicted octanol–water partition coefficient (Wildman–Crippen LogP) is 1.34. The van der Waals surface area contributed by atoms with E-state index >= 15 is 0 Å². The Kier molecular flexibility index (Phi) is 4.04. The summed E-state index contributed by atoms with van der Waals surface area (Å²) in [5.74, 6) is 1.57. The molecule has 1 heterocycles. The van der Waals surface area contributed by atoms with Crippen LogP contribution in [0.25, 0.3) is 0 Å². The Hall–Kier alpha value is -1.04. The first kappa shape index (κ1) is 12.4. The van der Waals surface area contributed by atoms with Gasteiger partial charge in [0.2, 0.25) is 5.91 Å². The van der Waals surface area contributed by atoms with Crippen LogP contribution in [-0.2, 0) is 4.79 Å². The van der Waals surface area contributed by atoms with Crippen molar-refractivity contribution in [3.63, 3.8) is 0 Å². The lowest BCUT2D eigenvalue weighted by Gasteiger charge is -2.15. The van der Waals surface area contributed by atoms with E-state index in [0.29, 0.717) is 5.69 Å². The van der Waals surface area contributed by atoms with Gasteiger partial charge in [0.25, 0.3) is 0 Å². The summed E-state index contributed by atoms with van der Waals surface area (Å²) < 4.78 is 0. The van der Waals surface area contributed by atoms with Crippen LogP contribution in [0.4, 0.5) is 5.69 Å². The fraction of sp³-hybridized carbons (Fsp3) is 0.417. The first-order valence-electron chi connectivity index (χ1n) is 5.57. The second-order valence-corrected chi connectivity index (χ2v) is 5.05. The number of thioether (sulfide) groups is 1. The largest absolute Gasteiger partial charge is 0.389 e. The maximum absolute atomic E-state index is 11.9. The number of anilines is 1. The highest BCUT2D eigenvalue weighted by Gasteiger charge is 2.23. The van der Waals surface area contributed by atoms with Crippen molar-refractivity contribution >= 4 is 23.4 Å². The Bertz CT molecular complexity index is 403. The van der Waals surface area contributed by atoms with Gasteiger partial charge in [0.05, 0.1) is 12.1 Å². The minimum Gasteiger partial charge on any atom is -0.389 e. The molecule has 17 heavy (non-hydrogen) atoms. The van der Waals surface area contributed by atoms with Crippen molar-refractivity contribution < 1.29 is 9.90 Å². The van der Waals surface area contributed by atoms with Gasteiger partial charge in [-0.05, 0) is 13.0 Å². The van der Waals surface area contributed by atoms with Crippen LogP contribution in [0.2, 0.25) is 0 Å². The van der Waals surface area contributed by atoms with E-state index in [4.69, 9.17) is 0 Å². The van der Waals surface area contributed by atoms with Crippen molar-refractivity contribution in [2.24, 2.45) is 0 Å². The molecule has 0 spiro atoms. The van der Waals surface area contributed by atoms with E-state index in [2.05, 4.69) is 10.6 Å². The minimum absolute atomic E-state index is 0.0388. The van der Waals surface area contributed by atoms with E-state index < -0.39 is 6.10 Å². The van der Waals surface area contributed by atoms with Crippen molar-refractivity contribution in [1.82, 2.24) is 5.32 Å². The molecule has 1 aromatic rings. The highest BCUT2D eigenvalue weighted by molar-refractivity contribution is 7.99. The molecule has 1 amide bonds. The second kappa shape index (κ2) is 5.53. The minimum atomic E-state index is -0.586. The average Bonchev–Trinajstić information content (AvgIpc) is 2.83. The van der Waals surface area contributed by atoms with Gasteiger partial charge in [-0.1, -0.05) is 18.2 Å². The topological polar surface area (TPSA) is 61.4 Å². The molecule has 1 fully saturated rings. The summed E-state index contributed by atoms with van der Waals surface area (Å²) in [4.78, 5) is 11.9. The molecule has 3 N–H and O–H groups in total. The molecule has 0 saturated carbocycles. The molecule has 0 aromatic heterocycles. The zero-order valence-corrected chi connectivity index (χ0v) is 10.5. The number of aliphatic hydroxyl groups is 1. The summed E-state index contributed by atoms with van der Waals surface area (Å²) in [6.45, 7) is 1.69. The van der Waals surface area contributed by atoms with Gasteiger partial charge in [0.15, 0.2) is 0 Å². The molecule has 2 rings (SSSR count). The molecule has 4 nitrogen and oxygen atoms in total. The number of rotatable bonds is 3. The number of carbonyl (C=O) groups is 1. The molecule has 1 aliphatic rings. The van der Waals surface area contributed by atoms with Gasteiger partial charge in [-0.15, -0.1) is 11.8 Å². The van der Waals surface area contributed by atoms with Crippen LogP contribution in [0.5, 0.6) is 0 Å². The van der Waals surface area contributed by atoms with Gasteiger partial charge in [0.1, 0.15) is 0 Å². The first-order valence-corrected chi connectivity index (χ1v) is 6.73. The first-order chi connectivity index (χ1) is 8.18. The molecule has 2 unspecified atom stereocenters. The number of aliphatic hydroxyl groups excluding tert-OH is 1. The van der Waals surface area contributed by atoms with Crippen LogP contribution in [0, 0.1) is 0 Å². The number of hydrogen-bond donors (Lipinski definition) is 3. The number of hydrogen-bond acceptors (Lipinski definition) is 4. The van der Waals surface area contributed by atoms with Gasteiger partial charge in [-0.3, -0.25) is 10.1 Å². The standard InChI is InChI=1S/C12H16N2O2S/c1-8(15)9-4-2-3-5-10(9)14-12(16)11-6-17-7-13-11/h2-5,8,11,13,15H,6-7H2,1H3,(H,14,16). The van der Waals surface area contributed by atoms with E-state index in [0.717, 1.165) is 17.2 Å².